The highest BCUT2D eigenvalue weighted by molar-refractivity contribution is 5.87. The van der Waals surface area contributed by atoms with Gasteiger partial charge in [-0.25, -0.2) is 14.8 Å². The van der Waals surface area contributed by atoms with Crippen LogP contribution in [0.1, 0.15) is 13.3 Å². The third-order valence-corrected chi connectivity index (χ3v) is 1.65. The zero-order valence-electron chi connectivity index (χ0n) is 8.67. The lowest BCUT2D eigenvalue weighted by atomic mass is 10.2. The quantitative estimate of drug-likeness (QED) is 0.689. The van der Waals surface area contributed by atoms with E-state index in [2.05, 4.69) is 20.6 Å². The van der Waals surface area contributed by atoms with Crippen molar-refractivity contribution in [3.05, 3.63) is 18.5 Å². The van der Waals surface area contributed by atoms with Crippen LogP contribution in [0, 0.1) is 0 Å². The van der Waals surface area contributed by atoms with Gasteiger partial charge >= 0.3 is 12.0 Å². The van der Waals surface area contributed by atoms with Crippen LogP contribution >= 0.6 is 0 Å². The highest BCUT2D eigenvalue weighted by Crippen LogP contribution is 1.95. The standard InChI is InChI=1S/C9H12N4O3/c1-6(5-7(14)15)12-9(16)13-8-10-3-2-4-11-8/h2-4,6H,5H2,1H3,(H,14,15)(H2,10,11,12,13,16). The fourth-order valence-electron chi connectivity index (χ4n) is 1.04. The number of urea groups is 1. The molecule has 0 radical (unpaired) electrons. The maximum absolute atomic E-state index is 11.3. The smallest absolute Gasteiger partial charge is 0.321 e. The summed E-state index contributed by atoms with van der Waals surface area (Å²) in [6.07, 6.45) is 2.84. The van der Waals surface area contributed by atoms with Crippen LogP contribution in [0.15, 0.2) is 18.5 Å². The van der Waals surface area contributed by atoms with Crippen molar-refractivity contribution < 1.29 is 14.7 Å². The number of hydrogen-bond acceptors (Lipinski definition) is 4. The minimum atomic E-state index is -0.969. The highest BCUT2D eigenvalue weighted by Gasteiger charge is 2.11. The third kappa shape index (κ3) is 4.36. The summed E-state index contributed by atoms with van der Waals surface area (Å²) < 4.78 is 0. The van der Waals surface area contributed by atoms with E-state index in [1.54, 1.807) is 13.0 Å². The molecule has 0 spiro atoms. The van der Waals surface area contributed by atoms with E-state index in [0.29, 0.717) is 0 Å². The van der Waals surface area contributed by atoms with Crippen LogP contribution in [-0.2, 0) is 4.79 Å². The molecule has 0 saturated carbocycles. The molecule has 0 aromatic carbocycles. The molecule has 0 aliphatic rings. The molecule has 1 aromatic rings. The normalized spacial score (nSPS) is 11.6. The summed E-state index contributed by atoms with van der Waals surface area (Å²) in [5, 5.41) is 13.3. The molecule has 0 fully saturated rings. The zero-order valence-corrected chi connectivity index (χ0v) is 8.67. The average Bonchev–Trinajstić information content (AvgIpc) is 2.17. The molecule has 7 heteroatoms. The van der Waals surface area contributed by atoms with E-state index >= 15 is 0 Å². The Balaban J connectivity index is 2.39. The van der Waals surface area contributed by atoms with Crippen LogP contribution in [0.4, 0.5) is 10.7 Å². The first-order chi connectivity index (χ1) is 7.58. The van der Waals surface area contributed by atoms with Gasteiger partial charge in [-0.15, -0.1) is 0 Å². The van der Waals surface area contributed by atoms with E-state index in [0.717, 1.165) is 0 Å². The van der Waals surface area contributed by atoms with Gasteiger partial charge < -0.3 is 10.4 Å². The molecular formula is C9H12N4O3. The molecule has 0 bridgehead atoms. The minimum Gasteiger partial charge on any atom is -0.481 e. The van der Waals surface area contributed by atoms with Gasteiger partial charge in [-0.3, -0.25) is 10.1 Å². The Labute approximate surface area is 91.9 Å². The van der Waals surface area contributed by atoms with E-state index in [1.165, 1.54) is 12.4 Å². The first-order valence-corrected chi connectivity index (χ1v) is 4.64. The van der Waals surface area contributed by atoms with E-state index in [9.17, 15) is 9.59 Å². The SMILES string of the molecule is CC(CC(=O)O)NC(=O)Nc1ncccn1. The fraction of sp³-hybridized carbons (Fsp3) is 0.333. The fourth-order valence-corrected chi connectivity index (χ4v) is 1.04. The lowest BCUT2D eigenvalue weighted by Crippen LogP contribution is -2.37. The molecule has 0 aliphatic carbocycles. The molecule has 3 N–H and O–H groups in total. The highest BCUT2D eigenvalue weighted by atomic mass is 16.4. The maximum atomic E-state index is 11.3. The van der Waals surface area contributed by atoms with Crippen molar-refractivity contribution in [1.29, 1.82) is 0 Å². The maximum Gasteiger partial charge on any atom is 0.321 e. The number of aliphatic carboxylic acids is 1. The zero-order chi connectivity index (χ0) is 12.0. The van der Waals surface area contributed by atoms with Crippen LogP contribution in [-0.4, -0.2) is 33.1 Å². The van der Waals surface area contributed by atoms with E-state index in [4.69, 9.17) is 5.11 Å². The van der Waals surface area contributed by atoms with E-state index < -0.39 is 18.0 Å². The first kappa shape index (κ1) is 11.9. The van der Waals surface area contributed by atoms with Crippen LogP contribution in [0.5, 0.6) is 0 Å². The van der Waals surface area contributed by atoms with Crippen molar-refractivity contribution in [2.75, 3.05) is 5.32 Å². The monoisotopic (exact) mass is 224 g/mol. The number of nitrogens with zero attached hydrogens (tertiary/aromatic N) is 2. The largest absolute Gasteiger partial charge is 0.481 e. The number of carbonyl (C=O) groups is 2. The average molecular weight is 224 g/mol. The molecule has 1 rings (SSSR count). The Morgan fingerprint density at radius 3 is 2.62 bits per heavy atom. The molecule has 1 unspecified atom stereocenters. The molecule has 0 saturated heterocycles. The van der Waals surface area contributed by atoms with Crippen LogP contribution < -0.4 is 10.6 Å². The Morgan fingerprint density at radius 1 is 1.44 bits per heavy atom. The van der Waals surface area contributed by atoms with Gasteiger partial charge in [-0.2, -0.15) is 0 Å². The summed E-state index contributed by atoms with van der Waals surface area (Å²) in [4.78, 5) is 29.2. The summed E-state index contributed by atoms with van der Waals surface area (Å²) >= 11 is 0. The Morgan fingerprint density at radius 2 is 2.06 bits per heavy atom. The molecular weight excluding hydrogens is 212 g/mol. The molecule has 0 aliphatic heterocycles. The van der Waals surface area contributed by atoms with Crippen molar-refractivity contribution in [2.45, 2.75) is 19.4 Å². The molecule has 1 heterocycles. The van der Waals surface area contributed by atoms with Crippen molar-refractivity contribution in [1.82, 2.24) is 15.3 Å². The number of carbonyl (C=O) groups excluding carboxylic acids is 1. The number of carboxylic acid groups (broad SMARTS) is 1. The van der Waals surface area contributed by atoms with Crippen molar-refractivity contribution in [3.63, 3.8) is 0 Å². The number of hydrogen-bond donors (Lipinski definition) is 3. The van der Waals surface area contributed by atoms with Gasteiger partial charge in [-0.05, 0) is 13.0 Å². The Bertz CT molecular complexity index is 368. The lowest BCUT2D eigenvalue weighted by Gasteiger charge is -2.11. The summed E-state index contributed by atoms with van der Waals surface area (Å²) in [6.45, 7) is 1.60. The third-order valence-electron chi connectivity index (χ3n) is 1.65. The first-order valence-electron chi connectivity index (χ1n) is 4.64. The summed E-state index contributed by atoms with van der Waals surface area (Å²) in [5.74, 6) is -0.800. The van der Waals surface area contributed by atoms with Crippen LogP contribution in [0.2, 0.25) is 0 Å². The molecule has 86 valence electrons. The summed E-state index contributed by atoms with van der Waals surface area (Å²) in [7, 11) is 0. The van der Waals surface area contributed by atoms with Gasteiger partial charge in [0, 0.05) is 18.4 Å². The molecule has 16 heavy (non-hydrogen) atoms. The molecule has 2 amide bonds. The van der Waals surface area contributed by atoms with Gasteiger partial charge in [0.1, 0.15) is 0 Å². The summed E-state index contributed by atoms with van der Waals surface area (Å²) in [6, 6.07) is 0.636. The van der Waals surface area contributed by atoms with Crippen molar-refractivity contribution in [3.8, 4) is 0 Å². The molecule has 1 atom stereocenters. The lowest BCUT2D eigenvalue weighted by molar-refractivity contribution is -0.137. The van der Waals surface area contributed by atoms with Gasteiger partial charge in [0.15, 0.2) is 0 Å². The Kier molecular flexibility index (Phi) is 4.19. The predicted molar refractivity (Wildman–Crippen MR) is 55.9 cm³/mol. The van der Waals surface area contributed by atoms with Gasteiger partial charge in [-0.1, -0.05) is 0 Å². The van der Waals surface area contributed by atoms with Gasteiger partial charge in [0.05, 0.1) is 6.42 Å². The summed E-state index contributed by atoms with van der Waals surface area (Å²) in [5.41, 5.74) is 0. The number of nitrogens with one attached hydrogen (secondary N) is 2. The van der Waals surface area contributed by atoms with Gasteiger partial charge in [0.25, 0.3) is 0 Å². The molecule has 7 nitrogen and oxygen atoms in total. The van der Waals surface area contributed by atoms with Crippen molar-refractivity contribution in [2.24, 2.45) is 0 Å². The number of aromatic nitrogens is 2. The van der Waals surface area contributed by atoms with Crippen LogP contribution in [0.25, 0.3) is 0 Å². The van der Waals surface area contributed by atoms with Crippen molar-refractivity contribution >= 4 is 17.9 Å². The Hall–Kier alpha value is -2.18. The predicted octanol–water partition coefficient (Wildman–Crippen LogP) is 0.461. The van der Waals surface area contributed by atoms with E-state index in [1.807, 2.05) is 0 Å². The number of carboxylic acids is 1. The van der Waals surface area contributed by atoms with Crippen LogP contribution in [0.3, 0.4) is 0 Å². The topological polar surface area (TPSA) is 104 Å². The second-order valence-corrected chi connectivity index (χ2v) is 3.17. The van der Waals surface area contributed by atoms with Gasteiger partial charge in [0.2, 0.25) is 5.95 Å². The number of anilines is 1. The minimum absolute atomic E-state index is 0.136. The second kappa shape index (κ2) is 5.64. The van der Waals surface area contributed by atoms with E-state index in [-0.39, 0.29) is 12.4 Å². The molecule has 1 aromatic heterocycles. The second-order valence-electron chi connectivity index (χ2n) is 3.17. The number of amides is 2. The number of rotatable bonds is 4.